The number of nitrogens with zero attached hydrogens (tertiary/aromatic N) is 1. The molecule has 2 N–H and O–H groups in total. The number of halogens is 1. The summed E-state index contributed by atoms with van der Waals surface area (Å²) in [5.74, 6) is 0.635. The van der Waals surface area contributed by atoms with Crippen LogP contribution in [-0.2, 0) is 6.61 Å². The molecule has 20 heavy (non-hydrogen) atoms. The van der Waals surface area contributed by atoms with Crippen molar-refractivity contribution < 1.29 is 13.9 Å². The van der Waals surface area contributed by atoms with E-state index in [1.54, 1.807) is 18.2 Å². The fourth-order valence-electron chi connectivity index (χ4n) is 1.70. The van der Waals surface area contributed by atoms with Crippen molar-refractivity contribution in [1.82, 2.24) is 0 Å². The zero-order valence-corrected chi connectivity index (χ0v) is 10.9. The number of rotatable bonds is 4. The molecule has 0 saturated heterocycles. The second-order valence-corrected chi connectivity index (χ2v) is 4.11. The number of nitrogens with two attached hydrogens (primary N) is 1. The molecule has 0 heterocycles. The Morgan fingerprint density at radius 1 is 1.25 bits per heavy atom. The molecule has 2 aromatic carbocycles. The molecule has 102 valence electrons. The molecule has 0 aliphatic rings. The predicted molar refractivity (Wildman–Crippen MR) is 72.9 cm³/mol. The quantitative estimate of drug-likeness (QED) is 0.869. The summed E-state index contributed by atoms with van der Waals surface area (Å²) in [7, 11) is 1.54. The lowest BCUT2D eigenvalue weighted by Crippen LogP contribution is -2.01. The van der Waals surface area contributed by atoms with E-state index in [1.807, 2.05) is 6.07 Å². The topological polar surface area (TPSA) is 68.3 Å². The smallest absolute Gasteiger partial charge is 0.142 e. The van der Waals surface area contributed by atoms with E-state index in [9.17, 15) is 4.39 Å². The Balaban J connectivity index is 2.15. The Kier molecular flexibility index (Phi) is 4.06. The van der Waals surface area contributed by atoms with Crippen molar-refractivity contribution in [2.45, 2.75) is 6.61 Å². The molecule has 5 heteroatoms. The van der Waals surface area contributed by atoms with Crippen molar-refractivity contribution in [2.24, 2.45) is 0 Å². The summed E-state index contributed by atoms with van der Waals surface area (Å²) in [5, 5.41) is 8.79. The molecule has 0 fully saturated rings. The van der Waals surface area contributed by atoms with Gasteiger partial charge in [0.1, 0.15) is 23.9 Å². The van der Waals surface area contributed by atoms with E-state index >= 15 is 0 Å². The van der Waals surface area contributed by atoms with Crippen LogP contribution < -0.4 is 15.2 Å². The van der Waals surface area contributed by atoms with E-state index in [0.717, 1.165) is 0 Å². The molecule has 2 aromatic rings. The molecule has 4 nitrogen and oxygen atoms in total. The van der Waals surface area contributed by atoms with E-state index < -0.39 is 5.82 Å². The van der Waals surface area contributed by atoms with Gasteiger partial charge in [0.05, 0.1) is 24.4 Å². The molecule has 0 saturated carbocycles. The summed E-state index contributed by atoms with van der Waals surface area (Å²) in [5.41, 5.74) is 6.90. The van der Waals surface area contributed by atoms with Gasteiger partial charge in [0.25, 0.3) is 0 Å². The minimum Gasteiger partial charge on any atom is -0.497 e. The highest BCUT2D eigenvalue weighted by atomic mass is 19.1. The number of nitrogen functional groups attached to an aromatic ring is 1. The summed E-state index contributed by atoms with van der Waals surface area (Å²) < 4.78 is 24.1. The summed E-state index contributed by atoms with van der Waals surface area (Å²) in [4.78, 5) is 0. The monoisotopic (exact) mass is 272 g/mol. The maximum Gasteiger partial charge on any atom is 0.142 e. The van der Waals surface area contributed by atoms with Crippen molar-refractivity contribution in [3.8, 4) is 17.6 Å². The molecule has 0 spiro atoms. The second kappa shape index (κ2) is 5.93. The molecule has 0 radical (unpaired) electrons. The number of benzene rings is 2. The maximum absolute atomic E-state index is 13.6. The fourth-order valence-corrected chi connectivity index (χ4v) is 1.70. The van der Waals surface area contributed by atoms with Crippen LogP contribution in [0.15, 0.2) is 36.4 Å². The number of hydrogen-bond donors (Lipinski definition) is 1. The lowest BCUT2D eigenvalue weighted by atomic mass is 10.1. The van der Waals surface area contributed by atoms with Gasteiger partial charge in [-0.1, -0.05) is 0 Å². The third-order valence-electron chi connectivity index (χ3n) is 2.77. The second-order valence-electron chi connectivity index (χ2n) is 4.11. The van der Waals surface area contributed by atoms with Gasteiger partial charge in [0.15, 0.2) is 0 Å². The minimum atomic E-state index is -0.420. The average molecular weight is 272 g/mol. The van der Waals surface area contributed by atoms with E-state index in [-0.39, 0.29) is 6.61 Å². The van der Waals surface area contributed by atoms with E-state index in [1.165, 1.54) is 25.3 Å². The van der Waals surface area contributed by atoms with Crippen LogP contribution in [0, 0.1) is 17.1 Å². The number of nitriles is 1. The van der Waals surface area contributed by atoms with Gasteiger partial charge < -0.3 is 15.2 Å². The first-order valence-electron chi connectivity index (χ1n) is 5.89. The normalized spacial score (nSPS) is 9.85. The molecular formula is C15H13FN2O2. The van der Waals surface area contributed by atoms with Crippen LogP contribution in [0.1, 0.15) is 11.1 Å². The molecule has 0 unspecified atom stereocenters. The van der Waals surface area contributed by atoms with E-state index in [2.05, 4.69) is 0 Å². The molecule has 2 rings (SSSR count). The predicted octanol–water partition coefficient (Wildman–Crippen LogP) is 2.87. The van der Waals surface area contributed by atoms with Gasteiger partial charge in [0, 0.05) is 11.6 Å². The minimum absolute atomic E-state index is 0.00210. The lowest BCUT2D eigenvalue weighted by Gasteiger charge is -2.10. The number of ether oxygens (including phenoxy) is 2. The largest absolute Gasteiger partial charge is 0.497 e. The Hall–Kier alpha value is -2.74. The van der Waals surface area contributed by atoms with Crippen molar-refractivity contribution in [2.75, 3.05) is 12.8 Å². The van der Waals surface area contributed by atoms with Gasteiger partial charge in [-0.15, -0.1) is 0 Å². The Labute approximate surface area is 116 Å². The fraction of sp³-hybridized carbons (Fsp3) is 0.133. The number of anilines is 1. The number of hydrogen-bond acceptors (Lipinski definition) is 4. The van der Waals surface area contributed by atoms with Crippen LogP contribution in [0.2, 0.25) is 0 Å². The third-order valence-corrected chi connectivity index (χ3v) is 2.77. The third kappa shape index (κ3) is 2.98. The van der Waals surface area contributed by atoms with Crippen LogP contribution in [0.5, 0.6) is 11.5 Å². The maximum atomic E-state index is 13.6. The van der Waals surface area contributed by atoms with Gasteiger partial charge in [-0.2, -0.15) is 5.26 Å². The van der Waals surface area contributed by atoms with Crippen molar-refractivity contribution in [3.05, 3.63) is 53.3 Å². The lowest BCUT2D eigenvalue weighted by molar-refractivity contribution is 0.301. The van der Waals surface area contributed by atoms with Crippen LogP contribution in [0.3, 0.4) is 0 Å². The van der Waals surface area contributed by atoms with Crippen LogP contribution in [0.25, 0.3) is 0 Å². The van der Waals surface area contributed by atoms with Crippen LogP contribution in [0.4, 0.5) is 10.1 Å². The van der Waals surface area contributed by atoms with Crippen LogP contribution >= 0.6 is 0 Å². The van der Waals surface area contributed by atoms with Gasteiger partial charge in [-0.05, 0) is 30.3 Å². The summed E-state index contributed by atoms with van der Waals surface area (Å²) in [6.45, 7) is -0.00210. The Morgan fingerprint density at radius 3 is 2.70 bits per heavy atom. The molecule has 0 atom stereocenters. The van der Waals surface area contributed by atoms with Crippen LogP contribution in [-0.4, -0.2) is 7.11 Å². The average Bonchev–Trinajstić information content (AvgIpc) is 2.47. The first-order valence-corrected chi connectivity index (χ1v) is 5.89. The SMILES string of the molecule is COc1ccc(OCc2cc(C#N)ccc2F)c(N)c1. The van der Waals surface area contributed by atoms with E-state index in [4.69, 9.17) is 20.5 Å². The Morgan fingerprint density at radius 2 is 2.05 bits per heavy atom. The van der Waals surface area contributed by atoms with E-state index in [0.29, 0.717) is 28.3 Å². The molecule has 0 aliphatic carbocycles. The van der Waals surface area contributed by atoms with Crippen molar-refractivity contribution in [1.29, 1.82) is 5.26 Å². The van der Waals surface area contributed by atoms with Crippen molar-refractivity contribution in [3.63, 3.8) is 0 Å². The highest BCUT2D eigenvalue weighted by molar-refractivity contribution is 5.56. The molecule has 0 amide bonds. The number of methoxy groups -OCH3 is 1. The molecular weight excluding hydrogens is 259 g/mol. The molecule has 0 aliphatic heterocycles. The van der Waals surface area contributed by atoms with Gasteiger partial charge >= 0.3 is 0 Å². The summed E-state index contributed by atoms with van der Waals surface area (Å²) in [6, 6.07) is 11.0. The first-order chi connectivity index (χ1) is 9.63. The zero-order valence-electron chi connectivity index (χ0n) is 10.9. The molecule has 0 aromatic heterocycles. The highest BCUT2D eigenvalue weighted by Crippen LogP contribution is 2.27. The standard InChI is InChI=1S/C15H13FN2O2/c1-19-12-3-5-15(14(18)7-12)20-9-11-6-10(8-17)2-4-13(11)16/h2-7H,9,18H2,1H3. The Bertz CT molecular complexity index is 665. The zero-order chi connectivity index (χ0) is 14.5. The summed E-state index contributed by atoms with van der Waals surface area (Å²) in [6.07, 6.45) is 0. The van der Waals surface area contributed by atoms with Crippen molar-refractivity contribution >= 4 is 5.69 Å². The highest BCUT2D eigenvalue weighted by Gasteiger charge is 2.07. The molecule has 0 bridgehead atoms. The summed E-state index contributed by atoms with van der Waals surface area (Å²) >= 11 is 0. The first kappa shape index (κ1) is 13.7. The van der Waals surface area contributed by atoms with Gasteiger partial charge in [-0.3, -0.25) is 0 Å². The van der Waals surface area contributed by atoms with Gasteiger partial charge in [-0.25, -0.2) is 4.39 Å². The van der Waals surface area contributed by atoms with Gasteiger partial charge in [0.2, 0.25) is 0 Å².